The Morgan fingerprint density at radius 2 is 1.96 bits per heavy atom. The van der Waals surface area contributed by atoms with E-state index in [9.17, 15) is 14.4 Å². The first-order chi connectivity index (χ1) is 13.6. The van der Waals surface area contributed by atoms with Gasteiger partial charge in [-0.15, -0.1) is 11.3 Å². The maximum absolute atomic E-state index is 13.1. The lowest BCUT2D eigenvalue weighted by Crippen LogP contribution is -2.32. The van der Waals surface area contributed by atoms with Gasteiger partial charge in [-0.2, -0.15) is 0 Å². The summed E-state index contributed by atoms with van der Waals surface area (Å²) in [5, 5.41) is 5.31. The lowest BCUT2D eigenvalue weighted by atomic mass is 10.2. The topological polar surface area (TPSA) is 81.1 Å². The molecule has 1 aliphatic carbocycles. The molecule has 0 aliphatic heterocycles. The lowest BCUT2D eigenvalue weighted by molar-refractivity contribution is -0.117. The van der Waals surface area contributed by atoms with E-state index >= 15 is 0 Å². The molecule has 0 bridgehead atoms. The molecule has 1 aromatic carbocycles. The lowest BCUT2D eigenvalue weighted by Gasteiger charge is -2.18. The number of carbonyl (C=O) groups is 2. The van der Waals surface area contributed by atoms with E-state index in [0.717, 1.165) is 25.7 Å². The van der Waals surface area contributed by atoms with Crippen molar-refractivity contribution in [3.8, 4) is 0 Å². The number of hydrogen-bond acceptors (Lipinski definition) is 6. The minimum absolute atomic E-state index is 0.0224. The highest BCUT2D eigenvalue weighted by Crippen LogP contribution is 2.32. The summed E-state index contributed by atoms with van der Waals surface area (Å²) in [6.45, 7) is 0. The van der Waals surface area contributed by atoms with Gasteiger partial charge in [0.2, 0.25) is 5.91 Å². The van der Waals surface area contributed by atoms with Crippen LogP contribution in [-0.4, -0.2) is 27.1 Å². The Hall–Kier alpha value is -2.45. The summed E-state index contributed by atoms with van der Waals surface area (Å²) >= 11 is 2.48. The summed E-state index contributed by atoms with van der Waals surface area (Å²) in [5.74, 6) is -0.779. The zero-order chi connectivity index (χ0) is 19.5. The van der Waals surface area contributed by atoms with Crippen molar-refractivity contribution in [3.05, 3.63) is 57.0 Å². The quantitative estimate of drug-likeness (QED) is 0.510. The number of thiophene rings is 1. The van der Waals surface area contributed by atoms with E-state index in [2.05, 4.69) is 10.3 Å². The average Bonchev–Trinajstić information content (AvgIpc) is 3.40. The molecule has 8 heteroatoms. The summed E-state index contributed by atoms with van der Waals surface area (Å²) in [6, 6.07) is 10.8. The molecule has 1 fully saturated rings. The molecule has 1 saturated carbocycles. The van der Waals surface area contributed by atoms with Gasteiger partial charge in [-0.05, 0) is 36.4 Å². The molecule has 2 aromatic heterocycles. The summed E-state index contributed by atoms with van der Waals surface area (Å²) in [4.78, 5) is 42.5. The van der Waals surface area contributed by atoms with Crippen molar-refractivity contribution >= 4 is 45.8 Å². The molecule has 0 atom stereocenters. The van der Waals surface area contributed by atoms with E-state index < -0.39 is 11.8 Å². The van der Waals surface area contributed by atoms with Gasteiger partial charge in [0.1, 0.15) is 0 Å². The molecular formula is C20H19N3O3S2. The minimum atomic E-state index is -0.403. The zero-order valence-electron chi connectivity index (χ0n) is 15.1. The van der Waals surface area contributed by atoms with Crippen LogP contribution in [-0.2, 0) is 4.79 Å². The largest absolute Gasteiger partial charge is 0.291 e. The van der Waals surface area contributed by atoms with Crippen molar-refractivity contribution in [3.63, 3.8) is 0 Å². The van der Waals surface area contributed by atoms with E-state index in [1.165, 1.54) is 23.1 Å². The predicted octanol–water partition coefficient (Wildman–Crippen LogP) is 3.62. The number of amides is 2. The van der Waals surface area contributed by atoms with E-state index in [1.807, 2.05) is 12.1 Å². The summed E-state index contributed by atoms with van der Waals surface area (Å²) in [7, 11) is 0. The van der Waals surface area contributed by atoms with Crippen LogP contribution in [0, 0.1) is 0 Å². The zero-order valence-corrected chi connectivity index (χ0v) is 16.7. The molecule has 0 saturated heterocycles. The fourth-order valence-electron chi connectivity index (χ4n) is 3.47. The Morgan fingerprint density at radius 1 is 1.18 bits per heavy atom. The molecule has 28 heavy (non-hydrogen) atoms. The van der Waals surface area contributed by atoms with Crippen molar-refractivity contribution < 1.29 is 9.59 Å². The third kappa shape index (κ3) is 3.88. The van der Waals surface area contributed by atoms with Crippen LogP contribution in [0.2, 0.25) is 0 Å². The third-order valence-electron chi connectivity index (χ3n) is 4.80. The van der Waals surface area contributed by atoms with Gasteiger partial charge in [-0.3, -0.25) is 24.3 Å². The Kier molecular flexibility index (Phi) is 5.59. The molecule has 144 valence electrons. The molecule has 6 nitrogen and oxygen atoms in total. The summed E-state index contributed by atoms with van der Waals surface area (Å²) in [5.41, 5.74) is 0.564. The Balaban J connectivity index is 1.57. The van der Waals surface area contributed by atoms with Crippen molar-refractivity contribution in [1.29, 1.82) is 0 Å². The molecule has 2 heterocycles. The first kappa shape index (κ1) is 18.9. The van der Waals surface area contributed by atoms with Crippen LogP contribution in [0.4, 0.5) is 0 Å². The van der Waals surface area contributed by atoms with Crippen molar-refractivity contribution in [2.75, 3.05) is 5.75 Å². The summed E-state index contributed by atoms with van der Waals surface area (Å²) in [6.07, 6.45) is 4.06. The number of nitrogens with zero attached hydrogens (tertiary/aromatic N) is 2. The van der Waals surface area contributed by atoms with Crippen LogP contribution in [0.3, 0.4) is 0 Å². The number of fused-ring (bicyclic) bond motifs is 1. The highest BCUT2D eigenvalue weighted by atomic mass is 32.2. The van der Waals surface area contributed by atoms with Gasteiger partial charge < -0.3 is 0 Å². The molecule has 0 unspecified atom stereocenters. The third-order valence-corrected chi connectivity index (χ3v) is 6.62. The SMILES string of the molecule is O=C(CSc1nc2ccccc2c(=O)n1C1CCCC1)NC(=O)c1cccs1. The van der Waals surface area contributed by atoms with E-state index in [1.54, 1.807) is 34.2 Å². The predicted molar refractivity (Wildman–Crippen MR) is 111 cm³/mol. The van der Waals surface area contributed by atoms with E-state index in [0.29, 0.717) is 20.9 Å². The van der Waals surface area contributed by atoms with Crippen molar-refractivity contribution in [2.24, 2.45) is 0 Å². The molecule has 0 spiro atoms. The Bertz CT molecular complexity index is 1070. The highest BCUT2D eigenvalue weighted by Gasteiger charge is 2.23. The number of imide groups is 1. The highest BCUT2D eigenvalue weighted by molar-refractivity contribution is 7.99. The molecule has 4 rings (SSSR count). The number of para-hydroxylation sites is 1. The van der Waals surface area contributed by atoms with E-state index in [4.69, 9.17) is 0 Å². The van der Waals surface area contributed by atoms with Crippen LogP contribution in [0.25, 0.3) is 10.9 Å². The van der Waals surface area contributed by atoms with Crippen molar-refractivity contribution in [1.82, 2.24) is 14.9 Å². The van der Waals surface area contributed by atoms with Crippen LogP contribution >= 0.6 is 23.1 Å². The van der Waals surface area contributed by atoms with Gasteiger partial charge in [-0.25, -0.2) is 4.98 Å². The number of aromatic nitrogens is 2. The second-order valence-electron chi connectivity index (χ2n) is 6.67. The van der Waals surface area contributed by atoms with Crippen LogP contribution in [0.1, 0.15) is 41.4 Å². The molecular weight excluding hydrogens is 394 g/mol. The smallest absolute Gasteiger partial charge is 0.267 e. The monoisotopic (exact) mass is 413 g/mol. The number of carbonyl (C=O) groups excluding carboxylic acids is 2. The van der Waals surface area contributed by atoms with Gasteiger partial charge >= 0.3 is 0 Å². The van der Waals surface area contributed by atoms with E-state index in [-0.39, 0.29) is 17.4 Å². The number of thioether (sulfide) groups is 1. The number of hydrogen-bond donors (Lipinski definition) is 1. The number of nitrogens with one attached hydrogen (secondary N) is 1. The van der Waals surface area contributed by atoms with Gasteiger partial charge in [0.25, 0.3) is 11.5 Å². The first-order valence-electron chi connectivity index (χ1n) is 9.15. The van der Waals surface area contributed by atoms with Gasteiger partial charge in [-0.1, -0.05) is 42.8 Å². The van der Waals surface area contributed by atoms with Gasteiger partial charge in [0, 0.05) is 6.04 Å². The Morgan fingerprint density at radius 3 is 2.71 bits per heavy atom. The fraction of sp³-hybridized carbons (Fsp3) is 0.300. The van der Waals surface area contributed by atoms with Crippen molar-refractivity contribution in [2.45, 2.75) is 36.9 Å². The standard InChI is InChI=1S/C20H19N3O3S2/c24-17(22-18(25)16-10-5-11-27-16)12-28-20-21-15-9-4-3-8-14(15)19(26)23(20)13-6-1-2-7-13/h3-5,8-11,13H,1-2,6-7,12H2,(H,22,24,25). The first-order valence-corrected chi connectivity index (χ1v) is 11.0. The average molecular weight is 414 g/mol. The van der Waals surface area contributed by atoms with Gasteiger partial charge in [0.05, 0.1) is 21.5 Å². The minimum Gasteiger partial charge on any atom is -0.291 e. The molecule has 1 N–H and O–H groups in total. The Labute approximate surface area is 170 Å². The molecule has 1 aliphatic rings. The molecule has 3 aromatic rings. The second kappa shape index (κ2) is 8.28. The van der Waals surface area contributed by atoms with Gasteiger partial charge in [0.15, 0.2) is 5.16 Å². The maximum Gasteiger partial charge on any atom is 0.267 e. The number of benzene rings is 1. The number of rotatable bonds is 5. The second-order valence-corrected chi connectivity index (χ2v) is 8.56. The van der Waals surface area contributed by atoms with Crippen LogP contribution in [0.5, 0.6) is 0 Å². The summed E-state index contributed by atoms with van der Waals surface area (Å²) < 4.78 is 1.74. The maximum atomic E-state index is 13.1. The van der Waals surface area contributed by atoms with Crippen LogP contribution < -0.4 is 10.9 Å². The molecule has 2 amide bonds. The van der Waals surface area contributed by atoms with Crippen LogP contribution in [0.15, 0.2) is 51.7 Å². The fourth-order valence-corrected chi connectivity index (χ4v) is 4.96. The molecule has 0 radical (unpaired) electrons. The normalized spacial score (nSPS) is 14.4.